The van der Waals surface area contributed by atoms with Crippen LogP contribution in [0.5, 0.6) is 5.75 Å². The lowest BCUT2D eigenvalue weighted by Gasteiger charge is -2.28. The van der Waals surface area contributed by atoms with Crippen LogP contribution >= 0.6 is 0 Å². The number of likely N-dealkylation sites (N-methyl/N-ethyl adjacent to an activating group) is 2. The molecule has 1 aromatic carbocycles. The average Bonchev–Trinajstić information content (AvgIpc) is 2.65. The number of carbonyl (C=O) groups is 4. The maximum atomic E-state index is 12.9. The van der Waals surface area contributed by atoms with Crippen molar-refractivity contribution in [2.24, 2.45) is 5.92 Å². The van der Waals surface area contributed by atoms with E-state index < -0.39 is 11.9 Å². The molecule has 1 fully saturated rings. The molecule has 146 valence electrons. The van der Waals surface area contributed by atoms with Crippen LogP contribution in [0, 0.1) is 5.92 Å². The van der Waals surface area contributed by atoms with Crippen molar-refractivity contribution in [3.63, 3.8) is 0 Å². The molecule has 0 aliphatic carbocycles. The first-order chi connectivity index (χ1) is 13.0. The van der Waals surface area contributed by atoms with Crippen LogP contribution < -0.4 is 15.4 Å². The number of aldehydes is 2. The smallest absolute Gasteiger partial charge is 0.255 e. The van der Waals surface area contributed by atoms with Crippen LogP contribution in [0.1, 0.15) is 33.6 Å². The third kappa shape index (κ3) is 5.13. The number of amides is 2. The zero-order valence-corrected chi connectivity index (χ0v) is 15.6. The SMILES string of the molecule is CNC(=O)C(CCC=O)N(C)C(=O)c1cc(OCC2CNC2)ccc1C=O. The molecule has 1 atom stereocenters. The van der Waals surface area contributed by atoms with Crippen LogP contribution in [-0.4, -0.2) is 69.1 Å². The fourth-order valence-electron chi connectivity index (χ4n) is 2.82. The maximum Gasteiger partial charge on any atom is 0.255 e. The zero-order chi connectivity index (χ0) is 19.8. The van der Waals surface area contributed by atoms with Gasteiger partial charge < -0.3 is 25.1 Å². The molecule has 2 rings (SSSR count). The lowest BCUT2D eigenvalue weighted by molar-refractivity contribution is -0.125. The van der Waals surface area contributed by atoms with E-state index in [1.165, 1.54) is 31.1 Å². The van der Waals surface area contributed by atoms with Crippen LogP contribution in [0.3, 0.4) is 0 Å². The number of nitrogens with one attached hydrogen (secondary N) is 2. The Morgan fingerprint density at radius 2 is 2.11 bits per heavy atom. The van der Waals surface area contributed by atoms with Gasteiger partial charge in [0.25, 0.3) is 5.91 Å². The lowest BCUT2D eigenvalue weighted by atomic mass is 10.0. The van der Waals surface area contributed by atoms with Crippen LogP contribution in [0.25, 0.3) is 0 Å². The van der Waals surface area contributed by atoms with Crippen LogP contribution in [0.4, 0.5) is 0 Å². The molecule has 0 saturated carbocycles. The van der Waals surface area contributed by atoms with E-state index in [0.717, 1.165) is 13.1 Å². The Hall–Kier alpha value is -2.74. The topological polar surface area (TPSA) is 105 Å². The lowest BCUT2D eigenvalue weighted by Crippen LogP contribution is -2.47. The van der Waals surface area contributed by atoms with Gasteiger partial charge in [-0.05, 0) is 24.6 Å². The summed E-state index contributed by atoms with van der Waals surface area (Å²) >= 11 is 0. The van der Waals surface area contributed by atoms with E-state index in [1.54, 1.807) is 6.07 Å². The predicted molar refractivity (Wildman–Crippen MR) is 98.9 cm³/mol. The Kier molecular flexibility index (Phi) is 7.48. The van der Waals surface area contributed by atoms with E-state index in [1.807, 2.05) is 0 Å². The van der Waals surface area contributed by atoms with Crippen molar-refractivity contribution >= 4 is 24.4 Å². The molecule has 8 nitrogen and oxygen atoms in total. The van der Waals surface area contributed by atoms with Crippen molar-refractivity contribution in [3.8, 4) is 5.75 Å². The standard InChI is InChI=1S/C19H25N3O5/c1-20-18(25)17(4-3-7-23)22(2)19(26)16-8-15(6-5-14(16)11-24)27-12-13-9-21-10-13/h5-8,11,13,17,21H,3-4,9-10,12H2,1-2H3,(H,20,25). The van der Waals surface area contributed by atoms with Gasteiger partial charge in [0.15, 0.2) is 6.29 Å². The fraction of sp³-hybridized carbons (Fsp3) is 0.474. The first-order valence-electron chi connectivity index (χ1n) is 8.87. The first kappa shape index (κ1) is 20.6. The Balaban J connectivity index is 2.20. The van der Waals surface area contributed by atoms with Crippen molar-refractivity contribution in [3.05, 3.63) is 29.3 Å². The minimum Gasteiger partial charge on any atom is -0.493 e. The molecule has 0 spiro atoms. The van der Waals surface area contributed by atoms with Gasteiger partial charge in [-0.15, -0.1) is 0 Å². The number of hydrogen-bond donors (Lipinski definition) is 2. The zero-order valence-electron chi connectivity index (χ0n) is 15.6. The largest absolute Gasteiger partial charge is 0.493 e. The van der Waals surface area contributed by atoms with Gasteiger partial charge in [0.2, 0.25) is 5.91 Å². The molecule has 1 unspecified atom stereocenters. The quantitative estimate of drug-likeness (QED) is 0.569. The Morgan fingerprint density at radius 3 is 2.67 bits per heavy atom. The van der Waals surface area contributed by atoms with E-state index in [4.69, 9.17) is 4.74 Å². The minimum absolute atomic E-state index is 0.148. The normalized spacial score (nSPS) is 14.6. The summed E-state index contributed by atoms with van der Waals surface area (Å²) < 4.78 is 5.72. The number of carbonyl (C=O) groups excluding carboxylic acids is 4. The van der Waals surface area contributed by atoms with Crippen LogP contribution in [-0.2, 0) is 9.59 Å². The van der Waals surface area contributed by atoms with Gasteiger partial charge in [0, 0.05) is 45.1 Å². The van der Waals surface area contributed by atoms with Crippen molar-refractivity contribution in [1.29, 1.82) is 0 Å². The van der Waals surface area contributed by atoms with Gasteiger partial charge in [0.05, 0.1) is 12.2 Å². The summed E-state index contributed by atoms with van der Waals surface area (Å²) in [6, 6.07) is 3.89. The highest BCUT2D eigenvalue weighted by atomic mass is 16.5. The second-order valence-corrected chi connectivity index (χ2v) is 6.49. The highest BCUT2D eigenvalue weighted by Crippen LogP contribution is 2.21. The van der Waals surface area contributed by atoms with E-state index in [0.29, 0.717) is 30.8 Å². The maximum absolute atomic E-state index is 12.9. The molecular formula is C19H25N3O5. The molecule has 2 amide bonds. The Bertz CT molecular complexity index is 703. The van der Waals surface area contributed by atoms with Crippen molar-refractivity contribution in [1.82, 2.24) is 15.5 Å². The summed E-state index contributed by atoms with van der Waals surface area (Å²) in [5, 5.41) is 5.65. The molecule has 1 aliphatic rings. The molecule has 8 heteroatoms. The molecule has 2 N–H and O–H groups in total. The van der Waals surface area contributed by atoms with Gasteiger partial charge in [-0.1, -0.05) is 0 Å². The molecule has 0 radical (unpaired) electrons. The number of benzene rings is 1. The third-order valence-electron chi connectivity index (χ3n) is 4.63. The second kappa shape index (κ2) is 9.82. The highest BCUT2D eigenvalue weighted by molar-refractivity contribution is 6.03. The van der Waals surface area contributed by atoms with Gasteiger partial charge >= 0.3 is 0 Å². The third-order valence-corrected chi connectivity index (χ3v) is 4.63. The molecule has 1 heterocycles. The highest BCUT2D eigenvalue weighted by Gasteiger charge is 2.28. The van der Waals surface area contributed by atoms with Gasteiger partial charge in [-0.3, -0.25) is 14.4 Å². The van der Waals surface area contributed by atoms with Crippen LogP contribution in [0.15, 0.2) is 18.2 Å². The molecule has 27 heavy (non-hydrogen) atoms. The second-order valence-electron chi connectivity index (χ2n) is 6.49. The van der Waals surface area contributed by atoms with E-state index in [2.05, 4.69) is 10.6 Å². The van der Waals surface area contributed by atoms with E-state index in [-0.39, 0.29) is 29.9 Å². The van der Waals surface area contributed by atoms with Gasteiger partial charge in [0.1, 0.15) is 18.1 Å². The number of rotatable bonds is 10. The average molecular weight is 375 g/mol. The Morgan fingerprint density at radius 1 is 1.37 bits per heavy atom. The van der Waals surface area contributed by atoms with Gasteiger partial charge in [-0.2, -0.15) is 0 Å². The Labute approximate surface area is 158 Å². The molecule has 1 saturated heterocycles. The molecular weight excluding hydrogens is 350 g/mol. The van der Waals surface area contributed by atoms with E-state index >= 15 is 0 Å². The minimum atomic E-state index is -0.808. The summed E-state index contributed by atoms with van der Waals surface area (Å²) in [5.41, 5.74) is 0.382. The predicted octanol–water partition coefficient (Wildman–Crippen LogP) is 0.263. The summed E-state index contributed by atoms with van der Waals surface area (Å²) in [7, 11) is 2.95. The van der Waals surface area contributed by atoms with E-state index in [9.17, 15) is 19.2 Å². The van der Waals surface area contributed by atoms with Gasteiger partial charge in [-0.25, -0.2) is 0 Å². The molecule has 0 aromatic heterocycles. The van der Waals surface area contributed by atoms with Crippen molar-refractivity contribution in [2.75, 3.05) is 33.8 Å². The number of ether oxygens (including phenoxy) is 1. The molecule has 1 aliphatic heterocycles. The molecule has 1 aromatic rings. The summed E-state index contributed by atoms with van der Waals surface area (Å²) in [6.45, 7) is 2.31. The summed E-state index contributed by atoms with van der Waals surface area (Å²) in [5.74, 6) is 0.0739. The molecule has 0 bridgehead atoms. The van der Waals surface area contributed by atoms with Crippen LogP contribution in [0.2, 0.25) is 0 Å². The summed E-state index contributed by atoms with van der Waals surface area (Å²) in [4.78, 5) is 48.4. The number of hydrogen-bond acceptors (Lipinski definition) is 6. The monoisotopic (exact) mass is 375 g/mol. The summed E-state index contributed by atoms with van der Waals surface area (Å²) in [6.07, 6.45) is 1.65. The van der Waals surface area contributed by atoms with Crippen molar-refractivity contribution < 1.29 is 23.9 Å². The number of nitrogens with zero attached hydrogens (tertiary/aromatic N) is 1. The first-order valence-corrected chi connectivity index (χ1v) is 8.87. The fourth-order valence-corrected chi connectivity index (χ4v) is 2.82. The van der Waals surface area contributed by atoms with Crippen molar-refractivity contribution in [2.45, 2.75) is 18.9 Å².